The monoisotopic (exact) mass is 181 g/mol. The molecule has 0 spiro atoms. The van der Waals surface area contributed by atoms with Crippen LogP contribution >= 0.6 is 18.5 Å². The van der Waals surface area contributed by atoms with Crippen LogP contribution in [0.1, 0.15) is 27.7 Å². The molecule has 3 heteroatoms. The van der Waals surface area contributed by atoms with E-state index in [1.807, 2.05) is 13.8 Å². The van der Waals surface area contributed by atoms with E-state index in [1.165, 1.54) is 0 Å². The molecule has 1 nitrogen and oxygen atoms in total. The molecule has 64 valence electrons. The molecule has 4 atom stereocenters. The van der Waals surface area contributed by atoms with Crippen LogP contribution in [0.4, 0.5) is 0 Å². The van der Waals surface area contributed by atoms with Gasteiger partial charge in [-0.1, -0.05) is 13.8 Å². The number of rotatable bonds is 2. The van der Waals surface area contributed by atoms with Crippen LogP contribution in [0, 0.1) is 0 Å². The maximum atomic E-state index is 2.75. The second-order valence-corrected chi connectivity index (χ2v) is 4.08. The maximum absolute atomic E-state index is 2.75. The van der Waals surface area contributed by atoms with Crippen LogP contribution in [0.25, 0.3) is 0 Å². The van der Waals surface area contributed by atoms with Gasteiger partial charge in [0.1, 0.15) is 0 Å². The first-order valence-electron chi connectivity index (χ1n) is 3.78. The quantitative estimate of drug-likeness (QED) is 0.591. The Morgan fingerprint density at radius 2 is 1.20 bits per heavy atom. The van der Waals surface area contributed by atoms with Crippen molar-refractivity contribution < 1.29 is 0 Å². The predicted octanol–water partition coefficient (Wildman–Crippen LogP) is 2.39. The molecule has 0 saturated heterocycles. The van der Waals surface area contributed by atoms with E-state index in [0.717, 1.165) is 0 Å². The Kier molecular flexibility index (Phi) is 10.6. The third kappa shape index (κ3) is 6.93. The Bertz CT molecular complexity index is 56.6. The van der Waals surface area contributed by atoms with Crippen molar-refractivity contribution in [3.8, 4) is 0 Å². The minimum absolute atomic E-state index is 0.572. The molecule has 4 unspecified atom stereocenters. The first kappa shape index (κ1) is 13.4. The first-order chi connectivity index (χ1) is 4.55. The van der Waals surface area contributed by atoms with E-state index >= 15 is 0 Å². The fourth-order valence-corrected chi connectivity index (χ4v) is 1.11. The lowest BCUT2D eigenvalue weighted by Crippen LogP contribution is -2.28. The summed E-state index contributed by atoms with van der Waals surface area (Å²) in [6.07, 6.45) is 0. The summed E-state index contributed by atoms with van der Waals surface area (Å²) in [5.74, 6) is 1.14. The summed E-state index contributed by atoms with van der Waals surface area (Å²) in [6, 6.07) is 0. The smallest absolute Gasteiger partial charge is 0.0214 e. The lowest BCUT2D eigenvalue weighted by atomic mass is 10.6. The first-order valence-corrected chi connectivity index (χ1v) is 5.12. The van der Waals surface area contributed by atoms with Gasteiger partial charge in [0.25, 0.3) is 0 Å². The molecule has 0 radical (unpaired) electrons. The van der Waals surface area contributed by atoms with Gasteiger partial charge in [-0.15, -0.1) is 18.5 Å². The maximum Gasteiger partial charge on any atom is 0.0214 e. The summed E-state index contributed by atoms with van der Waals surface area (Å²) in [7, 11) is 7.61. The topological polar surface area (TPSA) is 3.24 Å². The van der Waals surface area contributed by atoms with Crippen LogP contribution in [0.2, 0.25) is 0 Å². The van der Waals surface area contributed by atoms with Gasteiger partial charge in [-0.2, -0.15) is 0 Å². The zero-order valence-electron chi connectivity index (χ0n) is 7.76. The van der Waals surface area contributed by atoms with E-state index in [4.69, 9.17) is 0 Å². The van der Waals surface area contributed by atoms with E-state index in [1.54, 1.807) is 0 Å². The van der Waals surface area contributed by atoms with Crippen LogP contribution in [0.5, 0.6) is 0 Å². The summed E-state index contributed by atoms with van der Waals surface area (Å²) in [5.41, 5.74) is 0. The van der Waals surface area contributed by atoms with Gasteiger partial charge in [0, 0.05) is 11.6 Å². The highest BCUT2D eigenvalue weighted by molar-refractivity contribution is 7.18. The molecule has 0 aromatic carbocycles. The third-order valence-electron chi connectivity index (χ3n) is 1.28. The molecule has 0 aliphatic heterocycles. The van der Waals surface area contributed by atoms with Crippen molar-refractivity contribution in [1.82, 2.24) is 4.90 Å². The van der Waals surface area contributed by atoms with E-state index < -0.39 is 0 Å². The van der Waals surface area contributed by atoms with Crippen LogP contribution < -0.4 is 0 Å². The molecule has 0 aromatic rings. The van der Waals surface area contributed by atoms with Gasteiger partial charge >= 0.3 is 0 Å². The van der Waals surface area contributed by atoms with Crippen LogP contribution in [0.15, 0.2) is 0 Å². The zero-order valence-corrected chi connectivity index (χ0v) is 10.1. The zero-order chi connectivity index (χ0) is 8.73. The standard InChI is InChI=1S/C5H15NP2.C2H6/c1-4(7)6(3)5(2)8;1-2/h4-5H,7-8H2,1-3H3;1-2H3. The molecule has 0 N–H and O–H groups in total. The van der Waals surface area contributed by atoms with Gasteiger partial charge in [0.15, 0.2) is 0 Å². The second kappa shape index (κ2) is 7.92. The number of hydrogen-bond donors (Lipinski definition) is 0. The molecule has 10 heavy (non-hydrogen) atoms. The largest absolute Gasteiger partial charge is 0.294 e. The Hall–Kier alpha value is 0.820. The molecule has 0 heterocycles. The summed E-state index contributed by atoms with van der Waals surface area (Å²) in [6.45, 7) is 8.32. The third-order valence-corrected chi connectivity index (χ3v) is 2.23. The van der Waals surface area contributed by atoms with Gasteiger partial charge in [-0.3, -0.25) is 4.90 Å². The van der Waals surface area contributed by atoms with Gasteiger partial charge < -0.3 is 0 Å². The molecule has 0 bridgehead atoms. The van der Waals surface area contributed by atoms with E-state index in [9.17, 15) is 0 Å². The summed E-state index contributed by atoms with van der Waals surface area (Å²) in [4.78, 5) is 2.26. The molecule has 0 aliphatic carbocycles. The van der Waals surface area contributed by atoms with Crippen molar-refractivity contribution in [2.75, 3.05) is 7.05 Å². The van der Waals surface area contributed by atoms with Crippen molar-refractivity contribution in [2.24, 2.45) is 0 Å². The fraction of sp³-hybridized carbons (Fsp3) is 1.00. The van der Waals surface area contributed by atoms with Crippen molar-refractivity contribution >= 4 is 18.5 Å². The van der Waals surface area contributed by atoms with Crippen LogP contribution in [0.3, 0.4) is 0 Å². The number of nitrogens with zero attached hydrogens (tertiary/aromatic N) is 1. The van der Waals surface area contributed by atoms with Crippen LogP contribution in [-0.4, -0.2) is 23.5 Å². The minimum Gasteiger partial charge on any atom is -0.294 e. The van der Waals surface area contributed by atoms with Gasteiger partial charge in [-0.05, 0) is 20.9 Å². The van der Waals surface area contributed by atoms with Gasteiger partial charge in [0.05, 0.1) is 0 Å². The lowest BCUT2D eigenvalue weighted by Gasteiger charge is -2.24. The molecular weight excluding hydrogens is 160 g/mol. The summed E-state index contributed by atoms with van der Waals surface area (Å²) < 4.78 is 0. The normalized spacial score (nSPS) is 15.6. The molecule has 0 fully saturated rings. The van der Waals surface area contributed by atoms with E-state index in [0.29, 0.717) is 11.6 Å². The Labute approximate surface area is 70.4 Å². The lowest BCUT2D eigenvalue weighted by molar-refractivity contribution is 0.320. The predicted molar refractivity (Wildman–Crippen MR) is 57.5 cm³/mol. The highest BCUT2D eigenvalue weighted by Gasteiger charge is 2.05. The van der Waals surface area contributed by atoms with Crippen molar-refractivity contribution in [1.29, 1.82) is 0 Å². The average Bonchev–Trinajstić information content (AvgIpc) is 1.90. The van der Waals surface area contributed by atoms with E-state index in [2.05, 4.69) is 44.3 Å². The number of hydrogen-bond acceptors (Lipinski definition) is 1. The summed E-state index contributed by atoms with van der Waals surface area (Å²) in [5, 5.41) is 0. The molecule has 0 aliphatic rings. The summed E-state index contributed by atoms with van der Waals surface area (Å²) >= 11 is 0. The van der Waals surface area contributed by atoms with Gasteiger partial charge in [0.2, 0.25) is 0 Å². The Balaban J connectivity index is 0. The second-order valence-electron chi connectivity index (χ2n) is 2.15. The molecule has 0 rings (SSSR count). The van der Waals surface area contributed by atoms with E-state index in [-0.39, 0.29) is 0 Å². The Morgan fingerprint density at radius 3 is 1.20 bits per heavy atom. The fourth-order valence-electron chi connectivity index (χ4n) is 0.371. The Morgan fingerprint density at radius 1 is 1.00 bits per heavy atom. The molecular formula is C7H21NP2. The molecule has 0 amide bonds. The van der Waals surface area contributed by atoms with Gasteiger partial charge in [-0.25, -0.2) is 0 Å². The minimum atomic E-state index is 0.572. The van der Waals surface area contributed by atoms with Crippen molar-refractivity contribution in [2.45, 2.75) is 39.3 Å². The van der Waals surface area contributed by atoms with Crippen molar-refractivity contribution in [3.63, 3.8) is 0 Å². The van der Waals surface area contributed by atoms with Crippen LogP contribution in [-0.2, 0) is 0 Å². The SMILES string of the molecule is CC.CC(P)N(C)C(C)P. The average molecular weight is 181 g/mol. The molecule has 0 aromatic heterocycles. The highest BCUT2D eigenvalue weighted by atomic mass is 31.0. The highest BCUT2D eigenvalue weighted by Crippen LogP contribution is 2.11. The van der Waals surface area contributed by atoms with Crippen molar-refractivity contribution in [3.05, 3.63) is 0 Å². The molecule has 0 saturated carbocycles.